The Morgan fingerprint density at radius 1 is 0.891 bits per heavy atom. The Kier molecular flexibility index (Phi) is 17.5. The second-order valence-corrected chi connectivity index (χ2v) is 14.9. The van der Waals surface area contributed by atoms with Crippen LogP contribution in [-0.4, -0.2) is 100 Å². The van der Waals surface area contributed by atoms with E-state index in [9.17, 15) is 15.0 Å². The lowest BCUT2D eigenvalue weighted by molar-refractivity contribution is -0.121. The van der Waals surface area contributed by atoms with Crippen molar-refractivity contribution in [3.05, 3.63) is 11.6 Å². The van der Waals surface area contributed by atoms with E-state index >= 15 is 0 Å². The van der Waals surface area contributed by atoms with Crippen LogP contribution in [0.25, 0.3) is 0 Å². The molecule has 10 nitrogen and oxygen atoms in total. The largest absolute Gasteiger partial charge is 0.508 e. The average Bonchev–Trinajstić information content (AvgIpc) is 3.40. The molecule has 0 aromatic rings. The van der Waals surface area contributed by atoms with E-state index in [0.717, 1.165) is 30.6 Å². The molecule has 0 spiro atoms. The molecule has 0 amide bonds. The van der Waals surface area contributed by atoms with Crippen molar-refractivity contribution in [2.75, 3.05) is 46.2 Å². The zero-order valence-corrected chi connectivity index (χ0v) is 29.1. The molecule has 0 radical (unpaired) electrons. The molecule has 0 saturated heterocycles. The third-order valence-electron chi connectivity index (χ3n) is 11.9. The van der Waals surface area contributed by atoms with E-state index in [1.807, 2.05) is 0 Å². The van der Waals surface area contributed by atoms with Gasteiger partial charge in [-0.25, -0.2) is 4.79 Å². The van der Waals surface area contributed by atoms with Gasteiger partial charge in [0.2, 0.25) is 0 Å². The summed E-state index contributed by atoms with van der Waals surface area (Å²) in [5.41, 5.74) is 1.44. The van der Waals surface area contributed by atoms with Gasteiger partial charge in [0.05, 0.1) is 45.7 Å². The quantitative estimate of drug-likeness (QED) is 0.120. The predicted molar refractivity (Wildman–Crippen MR) is 177 cm³/mol. The van der Waals surface area contributed by atoms with Crippen molar-refractivity contribution in [3.63, 3.8) is 0 Å². The Bertz CT molecular complexity index is 903. The van der Waals surface area contributed by atoms with Gasteiger partial charge in [0.15, 0.2) is 0 Å². The van der Waals surface area contributed by atoms with Gasteiger partial charge < -0.3 is 45.2 Å². The minimum absolute atomic E-state index is 0.125. The first-order valence-electron chi connectivity index (χ1n) is 17.7. The van der Waals surface area contributed by atoms with Gasteiger partial charge in [0.1, 0.15) is 12.7 Å². The van der Waals surface area contributed by atoms with E-state index < -0.39 is 18.4 Å². The fourth-order valence-corrected chi connectivity index (χ4v) is 9.88. The van der Waals surface area contributed by atoms with Crippen molar-refractivity contribution in [1.29, 1.82) is 0 Å². The first-order chi connectivity index (χ1) is 21.9. The predicted octanol–water partition coefficient (Wildman–Crippen LogP) is 4.06. The molecule has 0 bridgehead atoms. The second-order valence-electron chi connectivity index (χ2n) is 14.9. The number of carbonyl (C=O) groups excluding carboxylic acids is 1. The fourth-order valence-electron chi connectivity index (χ4n) is 9.88. The number of allylic oxidation sites excluding steroid dienone is 1. The van der Waals surface area contributed by atoms with E-state index in [0.29, 0.717) is 36.0 Å². The molecule has 10 heteroatoms. The Hall–Kier alpha value is -1.27. The maximum atomic E-state index is 12.3. The molecule has 0 heterocycles. The van der Waals surface area contributed by atoms with E-state index in [1.54, 1.807) is 0 Å². The molecule has 3 fully saturated rings. The maximum absolute atomic E-state index is 12.3. The van der Waals surface area contributed by atoms with Gasteiger partial charge in [-0.15, -0.1) is 0 Å². The van der Waals surface area contributed by atoms with E-state index in [-0.39, 0.29) is 57.6 Å². The van der Waals surface area contributed by atoms with Crippen LogP contribution in [0.2, 0.25) is 0 Å². The summed E-state index contributed by atoms with van der Waals surface area (Å²) >= 11 is 0. The third kappa shape index (κ3) is 9.89. The van der Waals surface area contributed by atoms with Crippen LogP contribution in [0.3, 0.4) is 0 Å². The van der Waals surface area contributed by atoms with E-state index in [1.165, 1.54) is 44.1 Å². The molecular weight excluding hydrogens is 592 g/mol. The van der Waals surface area contributed by atoms with Gasteiger partial charge in [0, 0.05) is 5.92 Å². The Morgan fingerprint density at radius 2 is 1.54 bits per heavy atom. The summed E-state index contributed by atoms with van der Waals surface area (Å²) in [6.45, 7) is 10.9. The fraction of sp³-hybridized carbons (Fsp3) is 0.917. The highest BCUT2D eigenvalue weighted by atomic mass is 16.7. The highest BCUT2D eigenvalue weighted by Crippen LogP contribution is 2.68. The van der Waals surface area contributed by atoms with Crippen LogP contribution in [-0.2, 0) is 9.47 Å². The first kappa shape index (κ1) is 40.9. The minimum Gasteiger partial charge on any atom is -0.432 e. The zero-order valence-electron chi connectivity index (χ0n) is 29.1. The number of rotatable bonds is 12. The van der Waals surface area contributed by atoms with Gasteiger partial charge in [-0.1, -0.05) is 65.5 Å². The molecule has 0 aromatic heterocycles. The maximum Gasteiger partial charge on any atom is 0.508 e. The zero-order chi connectivity index (χ0) is 34.5. The van der Waals surface area contributed by atoms with Gasteiger partial charge >= 0.3 is 6.16 Å². The van der Waals surface area contributed by atoms with Crippen LogP contribution in [0, 0.1) is 52.3 Å². The summed E-state index contributed by atoms with van der Waals surface area (Å²) in [4.78, 5) is 12.3. The Morgan fingerprint density at radius 3 is 2.11 bits per heavy atom. The van der Waals surface area contributed by atoms with Gasteiger partial charge in [-0.05, 0) is 91.3 Å². The molecule has 4 aliphatic carbocycles. The van der Waals surface area contributed by atoms with Crippen molar-refractivity contribution >= 4 is 6.16 Å². The molecule has 270 valence electrons. The number of hydrogen-bond acceptors (Lipinski definition) is 10. The molecule has 2 unspecified atom stereocenters. The Labute approximate surface area is 277 Å². The lowest BCUT2D eigenvalue weighted by atomic mass is 9.44. The molecule has 7 N–H and O–H groups in total. The van der Waals surface area contributed by atoms with Gasteiger partial charge in [-0.2, -0.15) is 0 Å². The molecule has 0 aliphatic heterocycles. The van der Waals surface area contributed by atoms with Crippen LogP contribution >= 0.6 is 0 Å². The van der Waals surface area contributed by atoms with Gasteiger partial charge in [-0.3, -0.25) is 0 Å². The van der Waals surface area contributed by atoms with Crippen molar-refractivity contribution < 1.29 is 50.0 Å². The first-order valence-corrected chi connectivity index (χ1v) is 17.7. The lowest BCUT2D eigenvalue weighted by Gasteiger charge is -2.61. The summed E-state index contributed by atoms with van der Waals surface area (Å²) in [6, 6.07) is 0. The summed E-state index contributed by atoms with van der Waals surface area (Å²) in [7, 11) is 0. The van der Waals surface area contributed by atoms with Crippen molar-refractivity contribution in [2.45, 2.75) is 111 Å². The molecule has 4 aliphatic rings. The average molecular weight is 659 g/mol. The molecule has 0 aromatic carbocycles. The number of aliphatic hydroxyl groups excluding tert-OH is 7. The second kappa shape index (κ2) is 19.7. The summed E-state index contributed by atoms with van der Waals surface area (Å²) in [5, 5.41) is 60.7. The number of ether oxygens (including phenoxy) is 2. The van der Waals surface area contributed by atoms with Crippen LogP contribution in [0.15, 0.2) is 11.6 Å². The highest BCUT2D eigenvalue weighted by molar-refractivity contribution is 5.60. The minimum atomic E-state index is -0.860. The van der Waals surface area contributed by atoms with Crippen molar-refractivity contribution in [2.24, 2.45) is 52.3 Å². The van der Waals surface area contributed by atoms with Crippen LogP contribution in [0.1, 0.15) is 98.8 Å². The number of fused-ring (bicyclic) bond motifs is 5. The highest BCUT2D eigenvalue weighted by Gasteiger charge is 2.62. The van der Waals surface area contributed by atoms with Crippen molar-refractivity contribution in [1.82, 2.24) is 0 Å². The topological polar surface area (TPSA) is 177 Å². The smallest absolute Gasteiger partial charge is 0.432 e. The molecular formula is C36H66O10. The molecule has 4 rings (SSSR count). The van der Waals surface area contributed by atoms with Crippen LogP contribution < -0.4 is 0 Å². The summed E-state index contributed by atoms with van der Waals surface area (Å²) < 4.78 is 10.6. The molecule has 46 heavy (non-hydrogen) atoms. The summed E-state index contributed by atoms with van der Waals surface area (Å²) in [5.74, 6) is 3.90. The SMILES string of the molecule is CC(C)CCC[C@@H](C)[C@H]1CC[C@H]2[C@@H]3CC=C4C[C@@H](O)CC(C(CO)OC(=O)OCCO)[C@]4(C)[C@H]3CC[C@]12C.OCCO.OCCO. The molecule has 3 saturated carbocycles. The van der Waals surface area contributed by atoms with Crippen LogP contribution in [0.4, 0.5) is 4.79 Å². The molecule has 10 atom stereocenters. The van der Waals surface area contributed by atoms with Crippen molar-refractivity contribution in [3.8, 4) is 0 Å². The Balaban J connectivity index is 0.000000825. The normalized spacial score (nSPS) is 34.3. The standard InChI is InChI=1S/C32H54O6.2C2H6O2/c1-20(2)7-6-8-21(3)25-11-12-26-24-10-9-22-17-23(35)18-28(29(19-34)38-30(36)37-16-15-33)32(22,5)27(24)13-14-31(25,26)4;2*3-1-2-4/h9,20-21,23-29,33-35H,6-8,10-19H2,1-5H3;2*3-4H,1-2H2/t21-,23-,24+,25-,26+,27+,28?,29?,31-,32+;;/m1../s1. The van der Waals surface area contributed by atoms with E-state index in [2.05, 4.69) is 40.7 Å². The number of aliphatic hydroxyl groups is 7. The summed E-state index contributed by atoms with van der Waals surface area (Å²) in [6.07, 6.45) is 11.6. The number of carbonyl (C=O) groups is 1. The van der Waals surface area contributed by atoms with Gasteiger partial charge in [0.25, 0.3) is 0 Å². The van der Waals surface area contributed by atoms with E-state index in [4.69, 9.17) is 35.0 Å². The lowest BCUT2D eigenvalue weighted by Crippen LogP contribution is -2.57. The third-order valence-corrected chi connectivity index (χ3v) is 11.9. The number of hydrogen-bond donors (Lipinski definition) is 7. The monoisotopic (exact) mass is 658 g/mol. The van der Waals surface area contributed by atoms with Crippen LogP contribution in [0.5, 0.6) is 0 Å².